The number of rotatable bonds is 6. The van der Waals surface area contributed by atoms with Crippen LogP contribution in [0.4, 0.5) is 0 Å². The standard InChI is InChI=1S/C15H22N2O4/c1-3-17-9-10(2)14(15(19)20)12(17)7-13(18)16-8-11-5-4-6-21-11/h9,11H,3-8H2,1-2H3,(H,16,18)(H,19,20). The second-order valence-electron chi connectivity index (χ2n) is 5.34. The Balaban J connectivity index is 2.03. The molecule has 0 radical (unpaired) electrons. The maximum atomic E-state index is 12.0. The minimum atomic E-state index is -0.985. The Hall–Kier alpha value is -1.82. The van der Waals surface area contributed by atoms with Crippen LogP contribution in [0.5, 0.6) is 0 Å². The second-order valence-corrected chi connectivity index (χ2v) is 5.34. The van der Waals surface area contributed by atoms with Gasteiger partial charge >= 0.3 is 5.97 Å². The molecule has 0 spiro atoms. The Morgan fingerprint density at radius 2 is 2.29 bits per heavy atom. The topological polar surface area (TPSA) is 80.6 Å². The third-order valence-electron chi connectivity index (χ3n) is 3.81. The first-order valence-electron chi connectivity index (χ1n) is 7.33. The normalized spacial score (nSPS) is 17.9. The number of aryl methyl sites for hydroxylation is 2. The molecule has 1 aromatic heterocycles. The smallest absolute Gasteiger partial charge is 0.337 e. The summed E-state index contributed by atoms with van der Waals surface area (Å²) >= 11 is 0. The van der Waals surface area contributed by atoms with Crippen LogP contribution < -0.4 is 5.32 Å². The van der Waals surface area contributed by atoms with Crippen molar-refractivity contribution in [3.8, 4) is 0 Å². The number of carbonyl (C=O) groups excluding carboxylic acids is 1. The molecular formula is C15H22N2O4. The molecule has 1 aliphatic rings. The van der Waals surface area contributed by atoms with Crippen LogP contribution in [-0.2, 0) is 22.5 Å². The number of carboxylic acids is 1. The minimum Gasteiger partial charge on any atom is -0.478 e. The summed E-state index contributed by atoms with van der Waals surface area (Å²) in [5.74, 6) is -1.15. The van der Waals surface area contributed by atoms with Gasteiger partial charge < -0.3 is 19.7 Å². The van der Waals surface area contributed by atoms with E-state index in [1.165, 1.54) is 0 Å². The molecule has 21 heavy (non-hydrogen) atoms. The molecule has 6 nitrogen and oxygen atoms in total. The number of ether oxygens (including phenoxy) is 1. The summed E-state index contributed by atoms with van der Waals surface area (Å²) in [6.07, 6.45) is 3.95. The van der Waals surface area contributed by atoms with Gasteiger partial charge in [0, 0.05) is 31.6 Å². The Morgan fingerprint density at radius 1 is 1.52 bits per heavy atom. The van der Waals surface area contributed by atoms with Gasteiger partial charge in [-0.25, -0.2) is 4.79 Å². The van der Waals surface area contributed by atoms with Gasteiger partial charge in [0.2, 0.25) is 5.91 Å². The molecule has 2 heterocycles. The van der Waals surface area contributed by atoms with E-state index >= 15 is 0 Å². The number of nitrogens with zero attached hydrogens (tertiary/aromatic N) is 1. The first kappa shape index (κ1) is 15.6. The van der Waals surface area contributed by atoms with Gasteiger partial charge in [0.05, 0.1) is 18.1 Å². The van der Waals surface area contributed by atoms with Crippen LogP contribution in [0.1, 0.15) is 41.4 Å². The molecular weight excluding hydrogens is 272 g/mol. The summed E-state index contributed by atoms with van der Waals surface area (Å²) in [7, 11) is 0. The Labute approximate surface area is 124 Å². The minimum absolute atomic E-state index is 0.0794. The Bertz CT molecular complexity index is 530. The van der Waals surface area contributed by atoms with Gasteiger partial charge in [-0.2, -0.15) is 0 Å². The summed E-state index contributed by atoms with van der Waals surface area (Å²) < 4.78 is 7.27. The molecule has 1 atom stereocenters. The summed E-state index contributed by atoms with van der Waals surface area (Å²) in [6.45, 7) is 5.57. The third-order valence-corrected chi connectivity index (χ3v) is 3.81. The number of hydrogen-bond donors (Lipinski definition) is 2. The van der Waals surface area contributed by atoms with Gasteiger partial charge in [-0.05, 0) is 32.3 Å². The lowest BCUT2D eigenvalue weighted by Crippen LogP contribution is -2.33. The molecule has 0 aliphatic carbocycles. The molecule has 2 rings (SSSR count). The second kappa shape index (κ2) is 6.76. The third kappa shape index (κ3) is 3.64. The lowest BCUT2D eigenvalue weighted by Gasteiger charge is -2.12. The molecule has 1 fully saturated rings. The number of hydrogen-bond acceptors (Lipinski definition) is 3. The van der Waals surface area contributed by atoms with E-state index in [-0.39, 0.29) is 24.0 Å². The molecule has 1 aromatic rings. The van der Waals surface area contributed by atoms with E-state index in [2.05, 4.69) is 5.32 Å². The summed E-state index contributed by atoms with van der Waals surface area (Å²) in [5.41, 5.74) is 1.49. The van der Waals surface area contributed by atoms with E-state index in [0.29, 0.717) is 24.3 Å². The highest BCUT2D eigenvalue weighted by molar-refractivity contribution is 5.93. The first-order valence-corrected chi connectivity index (χ1v) is 7.33. The van der Waals surface area contributed by atoms with Crippen molar-refractivity contribution in [2.45, 2.75) is 45.8 Å². The number of nitrogens with one attached hydrogen (secondary N) is 1. The fourth-order valence-electron chi connectivity index (χ4n) is 2.76. The van der Waals surface area contributed by atoms with Crippen LogP contribution in [0.25, 0.3) is 0 Å². The highest BCUT2D eigenvalue weighted by Crippen LogP contribution is 2.18. The summed E-state index contributed by atoms with van der Waals surface area (Å²) in [5, 5.41) is 12.1. The van der Waals surface area contributed by atoms with Crippen LogP contribution >= 0.6 is 0 Å². The monoisotopic (exact) mass is 294 g/mol. The lowest BCUT2D eigenvalue weighted by molar-refractivity contribution is -0.121. The first-order chi connectivity index (χ1) is 10.0. The zero-order chi connectivity index (χ0) is 15.4. The van der Waals surface area contributed by atoms with Crippen molar-refractivity contribution in [1.29, 1.82) is 0 Å². The van der Waals surface area contributed by atoms with Crippen molar-refractivity contribution in [2.75, 3.05) is 13.2 Å². The van der Waals surface area contributed by atoms with E-state index in [9.17, 15) is 14.7 Å². The van der Waals surface area contributed by atoms with Crippen LogP contribution in [0.2, 0.25) is 0 Å². The Kier molecular flexibility index (Phi) is 5.01. The maximum absolute atomic E-state index is 12.0. The predicted molar refractivity (Wildman–Crippen MR) is 77.5 cm³/mol. The van der Waals surface area contributed by atoms with E-state index in [1.54, 1.807) is 13.1 Å². The molecule has 1 saturated heterocycles. The van der Waals surface area contributed by atoms with Gasteiger partial charge in [0.15, 0.2) is 0 Å². The van der Waals surface area contributed by atoms with Crippen LogP contribution in [0.3, 0.4) is 0 Å². The summed E-state index contributed by atoms with van der Waals surface area (Å²) in [6, 6.07) is 0. The van der Waals surface area contributed by atoms with Crippen molar-refractivity contribution < 1.29 is 19.4 Å². The van der Waals surface area contributed by atoms with E-state index in [1.807, 2.05) is 11.5 Å². The average Bonchev–Trinajstić information content (AvgIpc) is 3.04. The lowest BCUT2D eigenvalue weighted by atomic mass is 10.1. The highest BCUT2D eigenvalue weighted by Gasteiger charge is 2.22. The van der Waals surface area contributed by atoms with Crippen molar-refractivity contribution in [3.63, 3.8) is 0 Å². The molecule has 0 bridgehead atoms. The zero-order valence-electron chi connectivity index (χ0n) is 12.5. The van der Waals surface area contributed by atoms with Crippen LogP contribution in [-0.4, -0.2) is 40.8 Å². The predicted octanol–water partition coefficient (Wildman–Crippen LogP) is 1.35. The molecule has 1 aliphatic heterocycles. The van der Waals surface area contributed by atoms with Crippen LogP contribution in [0.15, 0.2) is 6.20 Å². The number of aromatic nitrogens is 1. The molecule has 0 aromatic carbocycles. The molecule has 6 heteroatoms. The zero-order valence-corrected chi connectivity index (χ0v) is 12.5. The van der Waals surface area contributed by atoms with E-state index in [0.717, 1.165) is 19.4 Å². The van der Waals surface area contributed by atoms with E-state index in [4.69, 9.17) is 4.74 Å². The molecule has 116 valence electrons. The molecule has 1 unspecified atom stereocenters. The maximum Gasteiger partial charge on any atom is 0.337 e. The van der Waals surface area contributed by atoms with Gasteiger partial charge in [-0.15, -0.1) is 0 Å². The fraction of sp³-hybridized carbons (Fsp3) is 0.600. The molecule has 0 saturated carbocycles. The van der Waals surface area contributed by atoms with Crippen molar-refractivity contribution >= 4 is 11.9 Å². The van der Waals surface area contributed by atoms with Crippen molar-refractivity contribution in [3.05, 3.63) is 23.0 Å². The number of carboxylic acid groups (broad SMARTS) is 1. The van der Waals surface area contributed by atoms with Crippen molar-refractivity contribution in [1.82, 2.24) is 9.88 Å². The van der Waals surface area contributed by atoms with E-state index < -0.39 is 5.97 Å². The SMILES string of the molecule is CCn1cc(C)c(C(=O)O)c1CC(=O)NCC1CCCO1. The van der Waals surface area contributed by atoms with Crippen molar-refractivity contribution in [2.24, 2.45) is 0 Å². The van der Waals surface area contributed by atoms with Gasteiger partial charge in [0.1, 0.15) is 0 Å². The quantitative estimate of drug-likeness (QED) is 0.830. The largest absolute Gasteiger partial charge is 0.478 e. The Morgan fingerprint density at radius 3 is 2.86 bits per heavy atom. The van der Waals surface area contributed by atoms with Gasteiger partial charge in [0.25, 0.3) is 0 Å². The fourth-order valence-corrected chi connectivity index (χ4v) is 2.76. The molecule has 1 amide bonds. The van der Waals surface area contributed by atoms with Crippen LogP contribution in [0, 0.1) is 6.92 Å². The number of aromatic carboxylic acids is 1. The summed E-state index contributed by atoms with van der Waals surface area (Å²) in [4.78, 5) is 23.4. The highest BCUT2D eigenvalue weighted by atomic mass is 16.5. The van der Waals surface area contributed by atoms with Gasteiger partial charge in [-0.1, -0.05) is 0 Å². The number of amides is 1. The molecule has 2 N–H and O–H groups in total. The van der Waals surface area contributed by atoms with Gasteiger partial charge in [-0.3, -0.25) is 4.79 Å². The average molecular weight is 294 g/mol. The number of carbonyl (C=O) groups is 2.